The van der Waals surface area contributed by atoms with Crippen LogP contribution in [0.2, 0.25) is 0 Å². The molecule has 0 aliphatic carbocycles. The Morgan fingerprint density at radius 2 is 2.05 bits per heavy atom. The van der Waals surface area contributed by atoms with Crippen molar-refractivity contribution in [3.05, 3.63) is 34.1 Å². The minimum atomic E-state index is -0.604. The first-order chi connectivity index (χ1) is 9.61. The van der Waals surface area contributed by atoms with E-state index in [4.69, 9.17) is 5.26 Å². The van der Waals surface area contributed by atoms with E-state index in [0.717, 1.165) is 25.7 Å². The summed E-state index contributed by atoms with van der Waals surface area (Å²) in [7, 11) is 0. The van der Waals surface area contributed by atoms with Gasteiger partial charge in [0, 0.05) is 45.2 Å². The zero-order chi connectivity index (χ0) is 14.5. The quantitative estimate of drug-likeness (QED) is 0.620. The van der Waals surface area contributed by atoms with Crippen LogP contribution in [0.5, 0.6) is 0 Å². The molecule has 0 spiro atoms. The summed E-state index contributed by atoms with van der Waals surface area (Å²) in [6.07, 6.45) is 0.492. The normalized spacial score (nSPS) is 15.9. The molecule has 2 rings (SSSR count). The Labute approximate surface area is 116 Å². The van der Waals surface area contributed by atoms with Gasteiger partial charge in [-0.2, -0.15) is 5.26 Å². The standard InChI is InChI=1S/C13H15FN4O2/c14-12-10-11(18(19)20)2-3-13(12)17-8-6-16(7-9-17)5-1-4-15/h2-3,10H,1,5-9H2. The van der Waals surface area contributed by atoms with Gasteiger partial charge < -0.3 is 4.90 Å². The fraction of sp³-hybridized carbons (Fsp3) is 0.462. The summed E-state index contributed by atoms with van der Waals surface area (Å²) in [6.45, 7) is 3.56. The third kappa shape index (κ3) is 3.22. The van der Waals surface area contributed by atoms with Gasteiger partial charge in [-0.1, -0.05) is 0 Å². The van der Waals surface area contributed by atoms with Crippen LogP contribution in [0.3, 0.4) is 0 Å². The smallest absolute Gasteiger partial charge is 0.272 e. The zero-order valence-electron chi connectivity index (χ0n) is 11.0. The molecule has 0 unspecified atom stereocenters. The predicted molar refractivity (Wildman–Crippen MR) is 71.9 cm³/mol. The molecule has 0 amide bonds. The highest BCUT2D eigenvalue weighted by molar-refractivity contribution is 5.52. The number of nitro benzene ring substituents is 1. The van der Waals surface area contributed by atoms with Crippen LogP contribution in [0.25, 0.3) is 0 Å². The summed E-state index contributed by atoms with van der Waals surface area (Å²) in [5.74, 6) is -0.565. The number of halogens is 1. The van der Waals surface area contributed by atoms with E-state index in [2.05, 4.69) is 11.0 Å². The zero-order valence-corrected chi connectivity index (χ0v) is 11.0. The number of hydrogen-bond donors (Lipinski definition) is 0. The van der Waals surface area contributed by atoms with Gasteiger partial charge in [0.15, 0.2) is 5.82 Å². The Balaban J connectivity index is 2.00. The average molecular weight is 278 g/mol. The molecule has 1 aliphatic rings. The second-order valence-corrected chi connectivity index (χ2v) is 4.63. The van der Waals surface area contributed by atoms with Crippen molar-refractivity contribution in [3.8, 4) is 6.07 Å². The molecule has 0 N–H and O–H groups in total. The fourth-order valence-electron chi connectivity index (χ4n) is 2.29. The highest BCUT2D eigenvalue weighted by Crippen LogP contribution is 2.24. The van der Waals surface area contributed by atoms with E-state index < -0.39 is 10.7 Å². The van der Waals surface area contributed by atoms with Gasteiger partial charge in [0.25, 0.3) is 5.69 Å². The first-order valence-corrected chi connectivity index (χ1v) is 6.40. The summed E-state index contributed by atoms with van der Waals surface area (Å²) >= 11 is 0. The second-order valence-electron chi connectivity index (χ2n) is 4.63. The molecular weight excluding hydrogens is 263 g/mol. The van der Waals surface area contributed by atoms with E-state index in [0.29, 0.717) is 25.2 Å². The Bertz CT molecular complexity index is 536. The first-order valence-electron chi connectivity index (χ1n) is 6.40. The number of hydrogen-bond acceptors (Lipinski definition) is 5. The summed E-state index contributed by atoms with van der Waals surface area (Å²) in [5, 5.41) is 19.1. The Hall–Kier alpha value is -2.20. The van der Waals surface area contributed by atoms with Crippen molar-refractivity contribution < 1.29 is 9.31 Å². The SMILES string of the molecule is N#CCCN1CCN(c2ccc([N+](=O)[O-])cc2F)CC1. The Morgan fingerprint density at radius 3 is 2.60 bits per heavy atom. The highest BCUT2D eigenvalue weighted by atomic mass is 19.1. The molecule has 0 bridgehead atoms. The van der Waals surface area contributed by atoms with Crippen LogP contribution in [0.15, 0.2) is 18.2 Å². The first kappa shape index (κ1) is 14.2. The molecule has 1 heterocycles. The van der Waals surface area contributed by atoms with E-state index in [1.807, 2.05) is 4.90 Å². The van der Waals surface area contributed by atoms with Gasteiger partial charge in [-0.25, -0.2) is 4.39 Å². The Kier molecular flexibility index (Phi) is 4.48. The molecule has 6 nitrogen and oxygen atoms in total. The molecule has 1 aromatic carbocycles. The van der Waals surface area contributed by atoms with E-state index in [1.54, 1.807) is 0 Å². The lowest BCUT2D eigenvalue weighted by Gasteiger charge is -2.35. The van der Waals surface area contributed by atoms with E-state index in [9.17, 15) is 14.5 Å². The fourth-order valence-corrected chi connectivity index (χ4v) is 2.29. The number of nitrogens with zero attached hydrogens (tertiary/aromatic N) is 4. The third-order valence-electron chi connectivity index (χ3n) is 3.39. The third-order valence-corrected chi connectivity index (χ3v) is 3.39. The van der Waals surface area contributed by atoms with Gasteiger partial charge >= 0.3 is 0 Å². The van der Waals surface area contributed by atoms with Gasteiger partial charge in [-0.3, -0.25) is 15.0 Å². The lowest BCUT2D eigenvalue weighted by atomic mass is 10.2. The number of rotatable bonds is 4. The monoisotopic (exact) mass is 278 g/mol. The predicted octanol–water partition coefficient (Wildman–Crippen LogP) is 1.77. The molecule has 0 saturated carbocycles. The van der Waals surface area contributed by atoms with Crippen molar-refractivity contribution in [2.75, 3.05) is 37.6 Å². The van der Waals surface area contributed by atoms with Crippen LogP contribution < -0.4 is 4.90 Å². The number of piperazine rings is 1. The van der Waals surface area contributed by atoms with Crippen LogP contribution in [0.4, 0.5) is 15.8 Å². The van der Waals surface area contributed by atoms with E-state index in [-0.39, 0.29) is 5.69 Å². The lowest BCUT2D eigenvalue weighted by molar-refractivity contribution is -0.385. The molecule has 0 aromatic heterocycles. The number of nitriles is 1. The van der Waals surface area contributed by atoms with Crippen LogP contribution >= 0.6 is 0 Å². The molecule has 0 radical (unpaired) electrons. The Morgan fingerprint density at radius 1 is 1.35 bits per heavy atom. The number of nitro groups is 1. The summed E-state index contributed by atoms with van der Waals surface area (Å²) in [4.78, 5) is 14.0. The van der Waals surface area contributed by atoms with Crippen molar-refractivity contribution in [2.45, 2.75) is 6.42 Å². The van der Waals surface area contributed by atoms with Crippen LogP contribution in [0.1, 0.15) is 6.42 Å². The molecular formula is C13H15FN4O2. The minimum absolute atomic E-state index is 0.237. The molecule has 1 aromatic rings. The van der Waals surface area contributed by atoms with E-state index in [1.165, 1.54) is 12.1 Å². The molecule has 7 heteroatoms. The van der Waals surface area contributed by atoms with Crippen molar-refractivity contribution in [3.63, 3.8) is 0 Å². The van der Waals surface area contributed by atoms with Crippen molar-refractivity contribution >= 4 is 11.4 Å². The summed E-state index contributed by atoms with van der Waals surface area (Å²) in [6, 6.07) is 5.84. The van der Waals surface area contributed by atoms with Crippen LogP contribution in [-0.2, 0) is 0 Å². The van der Waals surface area contributed by atoms with Crippen molar-refractivity contribution in [2.24, 2.45) is 0 Å². The lowest BCUT2D eigenvalue weighted by Crippen LogP contribution is -2.46. The molecule has 20 heavy (non-hydrogen) atoms. The van der Waals surface area contributed by atoms with Gasteiger partial charge in [0.1, 0.15) is 0 Å². The largest absolute Gasteiger partial charge is 0.367 e. The molecule has 0 atom stereocenters. The average Bonchev–Trinajstić information content (AvgIpc) is 2.45. The van der Waals surface area contributed by atoms with Crippen LogP contribution in [0, 0.1) is 27.3 Å². The number of benzene rings is 1. The van der Waals surface area contributed by atoms with Crippen LogP contribution in [-0.4, -0.2) is 42.5 Å². The van der Waals surface area contributed by atoms with Crippen molar-refractivity contribution in [1.82, 2.24) is 4.90 Å². The maximum Gasteiger partial charge on any atom is 0.272 e. The number of anilines is 1. The van der Waals surface area contributed by atoms with Gasteiger partial charge in [0.2, 0.25) is 0 Å². The maximum absolute atomic E-state index is 13.9. The second kappa shape index (κ2) is 6.30. The van der Waals surface area contributed by atoms with Gasteiger partial charge in [0.05, 0.1) is 22.7 Å². The minimum Gasteiger partial charge on any atom is -0.367 e. The molecule has 106 valence electrons. The summed E-state index contributed by atoms with van der Waals surface area (Å²) < 4.78 is 13.9. The highest BCUT2D eigenvalue weighted by Gasteiger charge is 2.20. The van der Waals surface area contributed by atoms with Gasteiger partial charge in [-0.15, -0.1) is 0 Å². The number of non-ortho nitro benzene ring substituents is 1. The molecule has 1 saturated heterocycles. The topological polar surface area (TPSA) is 73.4 Å². The summed E-state index contributed by atoms with van der Waals surface area (Å²) in [5.41, 5.74) is 0.162. The maximum atomic E-state index is 13.9. The van der Waals surface area contributed by atoms with Crippen molar-refractivity contribution in [1.29, 1.82) is 5.26 Å². The van der Waals surface area contributed by atoms with E-state index >= 15 is 0 Å². The molecule has 1 fully saturated rings. The van der Waals surface area contributed by atoms with Gasteiger partial charge in [-0.05, 0) is 6.07 Å². The molecule has 1 aliphatic heterocycles.